The fourth-order valence-corrected chi connectivity index (χ4v) is 0.574. The zero-order chi connectivity index (χ0) is 7.56. The number of hydrogen-bond acceptors (Lipinski definition) is 3. The molecule has 0 aliphatic heterocycles. The summed E-state index contributed by atoms with van der Waals surface area (Å²) in [6.45, 7) is 0. The van der Waals surface area contributed by atoms with Crippen LogP contribution in [0.5, 0.6) is 5.75 Å². The third-order valence-corrected chi connectivity index (χ3v) is 1.06. The SMILES string of the molecule is O=[N+]([O-])c1ccc(O)cc1.[1H+]. The minimum Gasteiger partial charge on any atom is -0.508 e. The summed E-state index contributed by atoms with van der Waals surface area (Å²) in [5.74, 6) is 0.0330. The standard InChI is InChI=1S/C6H5NO3/c8-6-3-1-5(2-4-6)7(9)10/h1-4,8H/p+1/i/hH. The number of nitrogens with zero attached hydrogens (tertiary/aromatic N) is 1. The van der Waals surface area contributed by atoms with Crippen LogP contribution in [0.15, 0.2) is 24.3 Å². The zero-order valence-corrected chi connectivity index (χ0v) is 5.02. The fraction of sp³-hybridized carbons (Fsp3) is 0. The molecular weight excluding hydrogens is 134 g/mol. The van der Waals surface area contributed by atoms with Gasteiger partial charge in [-0.2, -0.15) is 0 Å². The van der Waals surface area contributed by atoms with Crippen molar-refractivity contribution in [2.24, 2.45) is 0 Å². The first-order chi connectivity index (χ1) is 4.70. The Kier molecular flexibility index (Phi) is 1.53. The van der Waals surface area contributed by atoms with Gasteiger partial charge >= 0.3 is 1.43 Å². The van der Waals surface area contributed by atoms with E-state index in [0.29, 0.717) is 0 Å². The summed E-state index contributed by atoms with van der Waals surface area (Å²) in [6, 6.07) is 5.04. The quantitative estimate of drug-likeness (QED) is 0.473. The molecule has 0 aromatic heterocycles. The summed E-state index contributed by atoms with van der Waals surface area (Å²) in [6.07, 6.45) is 0. The van der Waals surface area contributed by atoms with Gasteiger partial charge in [0, 0.05) is 12.1 Å². The molecule has 0 atom stereocenters. The maximum atomic E-state index is 10.0. The molecule has 0 saturated carbocycles. The average Bonchev–Trinajstić information content (AvgIpc) is 1.88. The third kappa shape index (κ3) is 1.22. The van der Waals surface area contributed by atoms with Crippen LogP contribution in [0.2, 0.25) is 0 Å². The molecule has 1 aromatic rings. The molecule has 0 saturated heterocycles. The Morgan fingerprint density at radius 3 is 2.30 bits per heavy atom. The van der Waals surface area contributed by atoms with Gasteiger partial charge in [-0.05, 0) is 12.1 Å². The Balaban J connectivity index is 0.000001000. The summed E-state index contributed by atoms with van der Waals surface area (Å²) in [4.78, 5) is 9.52. The largest absolute Gasteiger partial charge is 1.00 e. The predicted molar refractivity (Wildman–Crippen MR) is 35.9 cm³/mol. The van der Waals surface area contributed by atoms with Gasteiger partial charge in [-0.25, -0.2) is 0 Å². The number of aromatic hydroxyl groups is 1. The number of nitro benzene ring substituents is 1. The second-order valence-corrected chi connectivity index (χ2v) is 1.77. The van der Waals surface area contributed by atoms with E-state index < -0.39 is 4.92 Å². The molecule has 10 heavy (non-hydrogen) atoms. The highest BCUT2D eigenvalue weighted by Crippen LogP contribution is 2.14. The van der Waals surface area contributed by atoms with Crippen LogP contribution < -0.4 is 0 Å². The third-order valence-electron chi connectivity index (χ3n) is 1.06. The van der Waals surface area contributed by atoms with Crippen molar-refractivity contribution in [1.29, 1.82) is 0 Å². The molecule has 0 aliphatic rings. The van der Waals surface area contributed by atoms with E-state index in [0.717, 1.165) is 0 Å². The molecule has 1 rings (SSSR count). The number of rotatable bonds is 1. The first-order valence-corrected chi connectivity index (χ1v) is 2.63. The van der Waals surface area contributed by atoms with E-state index in [2.05, 4.69) is 0 Å². The molecule has 0 heterocycles. The van der Waals surface area contributed by atoms with Gasteiger partial charge in [-0.1, -0.05) is 0 Å². The molecule has 1 N–H and O–H groups in total. The number of nitro groups is 1. The van der Waals surface area contributed by atoms with Gasteiger partial charge in [0.2, 0.25) is 0 Å². The van der Waals surface area contributed by atoms with E-state index in [1.54, 1.807) is 0 Å². The predicted octanol–water partition coefficient (Wildman–Crippen LogP) is 1.41. The van der Waals surface area contributed by atoms with Gasteiger partial charge < -0.3 is 5.11 Å². The van der Waals surface area contributed by atoms with E-state index in [9.17, 15) is 10.1 Å². The molecule has 0 spiro atoms. The van der Waals surface area contributed by atoms with Crippen LogP contribution in [0, 0.1) is 10.1 Å². The molecule has 0 radical (unpaired) electrons. The maximum absolute atomic E-state index is 10.0. The maximum Gasteiger partial charge on any atom is 1.00 e. The Bertz CT molecular complexity index is 247. The Morgan fingerprint density at radius 1 is 1.40 bits per heavy atom. The van der Waals surface area contributed by atoms with E-state index in [4.69, 9.17) is 5.11 Å². The number of phenols is 1. The first-order valence-electron chi connectivity index (χ1n) is 2.63. The van der Waals surface area contributed by atoms with Crippen LogP contribution in [0.25, 0.3) is 0 Å². The van der Waals surface area contributed by atoms with Crippen LogP contribution in [-0.4, -0.2) is 10.0 Å². The van der Waals surface area contributed by atoms with Crippen LogP contribution in [0.3, 0.4) is 0 Å². The molecule has 52 valence electrons. The van der Waals surface area contributed by atoms with Crippen LogP contribution in [-0.2, 0) is 0 Å². The minimum absolute atomic E-state index is 0. The molecule has 4 heteroatoms. The molecule has 0 fully saturated rings. The lowest BCUT2D eigenvalue weighted by Gasteiger charge is -1.89. The van der Waals surface area contributed by atoms with E-state index >= 15 is 0 Å². The van der Waals surface area contributed by atoms with Crippen molar-refractivity contribution < 1.29 is 11.5 Å². The highest BCUT2D eigenvalue weighted by Gasteiger charge is 2.01. The molecule has 0 unspecified atom stereocenters. The van der Waals surface area contributed by atoms with Gasteiger partial charge in [0.25, 0.3) is 5.69 Å². The van der Waals surface area contributed by atoms with Gasteiger partial charge in [0.15, 0.2) is 0 Å². The van der Waals surface area contributed by atoms with E-state index in [1.807, 2.05) is 0 Å². The smallest absolute Gasteiger partial charge is 0.508 e. The summed E-state index contributed by atoms with van der Waals surface area (Å²) in [5.41, 5.74) is -0.0159. The molecule has 4 nitrogen and oxygen atoms in total. The van der Waals surface area contributed by atoms with Gasteiger partial charge in [0.05, 0.1) is 4.92 Å². The van der Waals surface area contributed by atoms with Crippen molar-refractivity contribution in [3.8, 4) is 5.75 Å². The second kappa shape index (κ2) is 2.34. The van der Waals surface area contributed by atoms with Gasteiger partial charge in [-0.3, -0.25) is 10.1 Å². The molecule has 0 bridgehead atoms. The highest BCUT2D eigenvalue weighted by molar-refractivity contribution is 5.34. The summed E-state index contributed by atoms with van der Waals surface area (Å²) >= 11 is 0. The number of benzene rings is 1. The Hall–Kier alpha value is -1.58. The monoisotopic (exact) mass is 140 g/mol. The van der Waals surface area contributed by atoms with E-state index in [1.165, 1.54) is 24.3 Å². The van der Waals surface area contributed by atoms with Crippen LogP contribution >= 0.6 is 0 Å². The molecule has 0 amide bonds. The lowest BCUT2D eigenvalue weighted by atomic mass is 10.3. The zero-order valence-electron chi connectivity index (χ0n) is 6.02. The summed E-state index contributed by atoms with van der Waals surface area (Å²) in [5, 5.41) is 18.8. The average molecular weight is 140 g/mol. The lowest BCUT2D eigenvalue weighted by Crippen LogP contribution is -1.85. The van der Waals surface area contributed by atoms with Crippen molar-refractivity contribution in [3.05, 3.63) is 34.4 Å². The van der Waals surface area contributed by atoms with E-state index in [-0.39, 0.29) is 12.9 Å². The van der Waals surface area contributed by atoms with Crippen molar-refractivity contribution in [3.63, 3.8) is 0 Å². The Morgan fingerprint density at radius 2 is 1.90 bits per heavy atom. The Labute approximate surface area is 58.4 Å². The van der Waals surface area contributed by atoms with Gasteiger partial charge in [0.1, 0.15) is 5.75 Å². The highest BCUT2D eigenvalue weighted by atomic mass is 16.6. The number of non-ortho nitro benzene ring substituents is 1. The topological polar surface area (TPSA) is 63.4 Å². The minimum atomic E-state index is -0.514. The number of phenolic OH excluding ortho intramolecular Hbond substituents is 1. The normalized spacial score (nSPS) is 9.20. The van der Waals surface area contributed by atoms with Crippen molar-refractivity contribution in [2.45, 2.75) is 0 Å². The van der Waals surface area contributed by atoms with Crippen LogP contribution in [0.4, 0.5) is 5.69 Å². The summed E-state index contributed by atoms with van der Waals surface area (Å²) < 4.78 is 0. The van der Waals surface area contributed by atoms with Crippen molar-refractivity contribution >= 4 is 5.69 Å². The van der Waals surface area contributed by atoms with Crippen molar-refractivity contribution in [2.75, 3.05) is 0 Å². The van der Waals surface area contributed by atoms with Crippen LogP contribution in [0.1, 0.15) is 1.43 Å². The van der Waals surface area contributed by atoms with Crippen molar-refractivity contribution in [1.82, 2.24) is 0 Å². The first kappa shape index (κ1) is 6.54. The second-order valence-electron chi connectivity index (χ2n) is 1.77. The fourth-order valence-electron chi connectivity index (χ4n) is 0.574. The van der Waals surface area contributed by atoms with Gasteiger partial charge in [-0.15, -0.1) is 0 Å². The lowest BCUT2D eigenvalue weighted by molar-refractivity contribution is -0.384. The molecule has 0 aliphatic carbocycles. The summed E-state index contributed by atoms with van der Waals surface area (Å²) in [7, 11) is 0. The molecular formula is C6H6NO3+. The molecule has 1 aromatic carbocycles. The number of hydrogen-bond donors (Lipinski definition) is 1.